The minimum Gasteiger partial charge on any atom is -0.476 e. The molecule has 0 spiro atoms. The average molecular weight is 419 g/mol. The molecule has 8 nitrogen and oxygen atoms in total. The monoisotopic (exact) mass is 419 g/mol. The lowest BCUT2D eigenvalue weighted by Crippen LogP contribution is -2.21. The van der Waals surface area contributed by atoms with Gasteiger partial charge in [-0.2, -0.15) is 0 Å². The summed E-state index contributed by atoms with van der Waals surface area (Å²) in [6.45, 7) is 1.46. The number of anilines is 2. The van der Waals surface area contributed by atoms with Crippen LogP contribution in [0.3, 0.4) is 0 Å². The Balaban J connectivity index is 2.79. The number of benzene rings is 1. The van der Waals surface area contributed by atoms with Crippen LogP contribution in [0.4, 0.5) is 24.7 Å². The van der Waals surface area contributed by atoms with Gasteiger partial charge in [0.15, 0.2) is 5.69 Å². The number of pyridine rings is 1. The third-order valence-electron chi connectivity index (χ3n) is 3.53. The van der Waals surface area contributed by atoms with Gasteiger partial charge in [-0.1, -0.05) is 6.07 Å². The van der Waals surface area contributed by atoms with Gasteiger partial charge in [0, 0.05) is 14.1 Å². The molecule has 152 valence electrons. The van der Waals surface area contributed by atoms with Crippen molar-refractivity contribution in [1.82, 2.24) is 4.98 Å². The topological polar surface area (TPSA) is 123 Å². The number of rotatable bonds is 5. The number of carbonyl (C=O) groups is 1. The number of nitrogens with two attached hydrogens (primary N) is 1. The molecule has 0 aliphatic heterocycles. The Bertz CT molecular complexity index is 1040. The van der Waals surface area contributed by atoms with Crippen LogP contribution in [0.2, 0.25) is 0 Å². The van der Waals surface area contributed by atoms with Gasteiger partial charge in [-0.25, -0.2) is 18.2 Å². The van der Waals surface area contributed by atoms with Crippen LogP contribution in [0, 0.1) is 6.92 Å². The summed E-state index contributed by atoms with van der Waals surface area (Å²) in [7, 11) is -1.81. The highest BCUT2D eigenvalue weighted by molar-refractivity contribution is 7.91. The summed E-state index contributed by atoms with van der Waals surface area (Å²) in [6.07, 6.45) is -5.12. The molecular formula is C16H16F3N3O5S. The zero-order valence-corrected chi connectivity index (χ0v) is 15.7. The van der Waals surface area contributed by atoms with E-state index in [2.05, 4.69) is 9.72 Å². The summed E-state index contributed by atoms with van der Waals surface area (Å²) in [6, 6.07) is 4.04. The van der Waals surface area contributed by atoms with Crippen molar-refractivity contribution in [3.63, 3.8) is 0 Å². The zero-order valence-electron chi connectivity index (χ0n) is 14.9. The molecule has 0 fully saturated rings. The van der Waals surface area contributed by atoms with Gasteiger partial charge in [0.1, 0.15) is 21.4 Å². The molecule has 28 heavy (non-hydrogen) atoms. The highest BCUT2D eigenvalue weighted by atomic mass is 32.2. The minimum absolute atomic E-state index is 0.301. The van der Waals surface area contributed by atoms with E-state index in [-0.39, 0.29) is 5.82 Å². The minimum atomic E-state index is -5.12. The number of ether oxygens (including phenoxy) is 1. The number of nitrogens with zero attached hydrogens (tertiary/aromatic N) is 2. The Labute approximate surface area is 158 Å². The first-order chi connectivity index (χ1) is 12.7. The molecule has 12 heteroatoms. The first-order valence-electron chi connectivity index (χ1n) is 7.56. The van der Waals surface area contributed by atoms with Crippen LogP contribution in [0.1, 0.15) is 16.1 Å². The number of halogens is 3. The number of carboxylic acid groups (broad SMARTS) is 1. The molecule has 0 amide bonds. The summed E-state index contributed by atoms with van der Waals surface area (Å²) in [5, 5.41) is 9.13. The van der Waals surface area contributed by atoms with E-state index in [1.54, 1.807) is 0 Å². The van der Waals surface area contributed by atoms with E-state index < -0.39 is 49.1 Å². The molecule has 0 unspecified atom stereocenters. The molecule has 3 N–H and O–H groups in total. The molecule has 0 aliphatic carbocycles. The molecule has 0 atom stereocenters. The number of sulfone groups is 1. The highest BCUT2D eigenvalue weighted by Gasteiger charge is 2.36. The number of hydrogen-bond acceptors (Lipinski definition) is 7. The van der Waals surface area contributed by atoms with Crippen molar-refractivity contribution in [3.05, 3.63) is 35.5 Å². The Kier molecular flexibility index (Phi) is 5.46. The quantitative estimate of drug-likeness (QED) is 0.758. The maximum Gasteiger partial charge on any atom is 0.573 e. The zero-order chi connectivity index (χ0) is 21.4. The molecule has 0 saturated heterocycles. The van der Waals surface area contributed by atoms with E-state index in [9.17, 15) is 26.4 Å². The molecule has 1 aromatic heterocycles. The third-order valence-corrected chi connectivity index (χ3v) is 5.32. The van der Waals surface area contributed by atoms with E-state index >= 15 is 0 Å². The summed E-state index contributed by atoms with van der Waals surface area (Å²) in [4.78, 5) is 14.8. The van der Waals surface area contributed by atoms with Crippen molar-refractivity contribution < 1.29 is 36.2 Å². The molecular weight excluding hydrogens is 403 g/mol. The van der Waals surface area contributed by atoms with Gasteiger partial charge in [0.25, 0.3) is 0 Å². The Morgan fingerprint density at radius 1 is 1.21 bits per heavy atom. The van der Waals surface area contributed by atoms with Crippen LogP contribution < -0.4 is 15.4 Å². The molecule has 2 aromatic rings. The van der Waals surface area contributed by atoms with Gasteiger partial charge >= 0.3 is 12.3 Å². The smallest absolute Gasteiger partial charge is 0.476 e. The van der Waals surface area contributed by atoms with E-state index in [1.807, 2.05) is 0 Å². The molecule has 1 aromatic carbocycles. The number of carboxylic acids is 1. The van der Waals surface area contributed by atoms with Crippen molar-refractivity contribution in [1.29, 1.82) is 0 Å². The van der Waals surface area contributed by atoms with Crippen LogP contribution >= 0.6 is 0 Å². The largest absolute Gasteiger partial charge is 0.573 e. The molecule has 0 aliphatic rings. The van der Waals surface area contributed by atoms with E-state index in [1.165, 1.54) is 32.0 Å². The lowest BCUT2D eigenvalue weighted by molar-refractivity contribution is -0.275. The van der Waals surface area contributed by atoms with Gasteiger partial charge < -0.3 is 20.5 Å². The van der Waals surface area contributed by atoms with Crippen molar-refractivity contribution in [2.75, 3.05) is 24.7 Å². The van der Waals surface area contributed by atoms with Crippen LogP contribution in [-0.4, -0.2) is 44.9 Å². The standard InChI is InChI=1S/C16H16F3N3O5S/c1-8-4-5-11(10(6-8)27-16(17,18)19)28(25,26)12-7-9(20)13(15(23)24)21-14(12)22(2)3/h4-7H,20H2,1-3H3,(H,23,24). The Morgan fingerprint density at radius 3 is 2.32 bits per heavy atom. The number of aromatic nitrogens is 1. The molecule has 1 heterocycles. The number of nitrogen functional groups attached to an aromatic ring is 1. The lowest BCUT2D eigenvalue weighted by Gasteiger charge is -2.19. The van der Waals surface area contributed by atoms with Crippen molar-refractivity contribution in [3.8, 4) is 5.75 Å². The normalized spacial score (nSPS) is 11.9. The second-order valence-electron chi connectivity index (χ2n) is 5.95. The number of aromatic carboxylic acids is 1. The predicted octanol–water partition coefficient (Wildman–Crippen LogP) is 2.47. The average Bonchev–Trinajstić information content (AvgIpc) is 2.52. The van der Waals surface area contributed by atoms with Crippen molar-refractivity contribution in [2.45, 2.75) is 23.1 Å². The summed E-state index contributed by atoms with van der Waals surface area (Å²) < 4.78 is 68.3. The Morgan fingerprint density at radius 2 is 1.82 bits per heavy atom. The molecule has 0 saturated carbocycles. The predicted molar refractivity (Wildman–Crippen MR) is 93.2 cm³/mol. The second kappa shape index (κ2) is 7.19. The van der Waals surface area contributed by atoms with Gasteiger partial charge in [-0.05, 0) is 30.7 Å². The number of alkyl halides is 3. The maximum atomic E-state index is 13.1. The summed E-state index contributed by atoms with van der Waals surface area (Å²) in [5.74, 6) is -2.70. The molecule has 0 radical (unpaired) electrons. The summed E-state index contributed by atoms with van der Waals surface area (Å²) >= 11 is 0. The van der Waals surface area contributed by atoms with Crippen LogP contribution in [0.15, 0.2) is 34.1 Å². The van der Waals surface area contributed by atoms with E-state index in [0.29, 0.717) is 5.56 Å². The van der Waals surface area contributed by atoms with Crippen LogP contribution in [0.25, 0.3) is 0 Å². The van der Waals surface area contributed by atoms with Gasteiger partial charge in [-0.3, -0.25) is 0 Å². The fourth-order valence-electron chi connectivity index (χ4n) is 2.35. The fourth-order valence-corrected chi connectivity index (χ4v) is 3.95. The number of aryl methyl sites for hydroxylation is 1. The highest BCUT2D eigenvalue weighted by Crippen LogP contribution is 2.37. The molecule has 0 bridgehead atoms. The van der Waals surface area contributed by atoms with Gasteiger partial charge in [0.2, 0.25) is 9.84 Å². The van der Waals surface area contributed by atoms with Crippen molar-refractivity contribution >= 4 is 27.3 Å². The first-order valence-corrected chi connectivity index (χ1v) is 9.05. The summed E-state index contributed by atoms with van der Waals surface area (Å²) in [5.41, 5.74) is 4.89. The van der Waals surface area contributed by atoms with E-state index in [4.69, 9.17) is 10.8 Å². The lowest BCUT2D eigenvalue weighted by atomic mass is 10.2. The van der Waals surface area contributed by atoms with Crippen molar-refractivity contribution in [2.24, 2.45) is 0 Å². The molecule has 2 rings (SSSR count). The SMILES string of the molecule is Cc1ccc(S(=O)(=O)c2cc(N)c(C(=O)O)nc2N(C)C)c(OC(F)(F)F)c1. The van der Waals surface area contributed by atoms with E-state index in [0.717, 1.165) is 18.2 Å². The number of hydrogen-bond donors (Lipinski definition) is 2. The first kappa shape index (κ1) is 21.3. The Hall–Kier alpha value is -3.02. The van der Waals surface area contributed by atoms with Gasteiger partial charge in [0.05, 0.1) is 5.69 Å². The fraction of sp³-hybridized carbons (Fsp3) is 0.250. The van der Waals surface area contributed by atoms with Crippen LogP contribution in [0.5, 0.6) is 5.75 Å². The third kappa shape index (κ3) is 4.27. The van der Waals surface area contributed by atoms with Gasteiger partial charge in [-0.15, -0.1) is 13.2 Å². The maximum absolute atomic E-state index is 13.1. The van der Waals surface area contributed by atoms with Crippen LogP contribution in [-0.2, 0) is 9.84 Å². The second-order valence-corrected chi connectivity index (χ2v) is 7.84.